The summed E-state index contributed by atoms with van der Waals surface area (Å²) >= 11 is 3.48. The molecule has 1 aliphatic heterocycles. The first-order valence-electron chi connectivity index (χ1n) is 8.01. The average molecular weight is 356 g/mol. The van der Waals surface area contributed by atoms with Crippen molar-refractivity contribution in [2.24, 2.45) is 5.92 Å². The van der Waals surface area contributed by atoms with E-state index in [-0.39, 0.29) is 5.91 Å². The van der Waals surface area contributed by atoms with Crippen molar-refractivity contribution in [1.82, 2.24) is 14.8 Å². The van der Waals surface area contributed by atoms with Crippen LogP contribution in [0.4, 0.5) is 0 Å². The Morgan fingerprint density at radius 3 is 2.71 bits per heavy atom. The molecule has 1 amide bonds. The molecule has 1 aromatic heterocycles. The molecular formula is C16H26BrN3O. The number of likely N-dealkylation sites (tertiary alicyclic amines) is 1. The minimum atomic E-state index is 0.177. The van der Waals surface area contributed by atoms with Gasteiger partial charge in [-0.05, 0) is 60.3 Å². The molecule has 0 aromatic carbocycles. The number of aryl methyl sites for hydroxylation is 1. The maximum absolute atomic E-state index is 12.7. The van der Waals surface area contributed by atoms with Crippen molar-refractivity contribution >= 4 is 21.8 Å². The second kappa shape index (κ2) is 7.99. The highest BCUT2D eigenvalue weighted by Gasteiger charge is 2.25. The quantitative estimate of drug-likeness (QED) is 0.850. The standard InChI is InChI=1S/C16H26BrN3O/c1-3-7-20-12-14(17)10-15(20)16(21)19-8-5-13(6-9-19)11-18-4-2/h10,12-13,18H,3-9,11H2,1-2H3. The van der Waals surface area contributed by atoms with Gasteiger partial charge in [0, 0.05) is 30.3 Å². The van der Waals surface area contributed by atoms with Crippen molar-refractivity contribution in [2.45, 2.75) is 39.7 Å². The highest BCUT2D eigenvalue weighted by Crippen LogP contribution is 2.21. The van der Waals surface area contributed by atoms with E-state index in [1.165, 1.54) is 0 Å². The average Bonchev–Trinajstić information content (AvgIpc) is 2.86. The lowest BCUT2D eigenvalue weighted by molar-refractivity contribution is 0.0679. The third-order valence-corrected chi connectivity index (χ3v) is 4.57. The zero-order valence-electron chi connectivity index (χ0n) is 13.1. The fourth-order valence-corrected chi connectivity index (χ4v) is 3.39. The molecule has 1 fully saturated rings. The van der Waals surface area contributed by atoms with Crippen molar-refractivity contribution in [2.75, 3.05) is 26.2 Å². The van der Waals surface area contributed by atoms with Crippen LogP contribution in [0.5, 0.6) is 0 Å². The van der Waals surface area contributed by atoms with Crippen molar-refractivity contribution in [3.05, 3.63) is 22.4 Å². The van der Waals surface area contributed by atoms with Crippen LogP contribution in [0, 0.1) is 5.92 Å². The molecule has 2 heterocycles. The SMILES string of the molecule is CCCn1cc(Br)cc1C(=O)N1CCC(CNCC)CC1. The van der Waals surface area contributed by atoms with Crippen LogP contribution in [0.15, 0.2) is 16.7 Å². The van der Waals surface area contributed by atoms with Gasteiger partial charge in [0.25, 0.3) is 5.91 Å². The van der Waals surface area contributed by atoms with E-state index in [2.05, 4.69) is 39.7 Å². The molecule has 0 atom stereocenters. The van der Waals surface area contributed by atoms with Crippen LogP contribution >= 0.6 is 15.9 Å². The summed E-state index contributed by atoms with van der Waals surface area (Å²) in [6, 6.07) is 1.95. The van der Waals surface area contributed by atoms with E-state index in [9.17, 15) is 4.79 Å². The Bertz CT molecular complexity index is 464. The predicted molar refractivity (Wildman–Crippen MR) is 89.6 cm³/mol. The second-order valence-electron chi connectivity index (χ2n) is 5.78. The van der Waals surface area contributed by atoms with Gasteiger partial charge in [0.1, 0.15) is 5.69 Å². The number of halogens is 1. The summed E-state index contributed by atoms with van der Waals surface area (Å²) in [6.45, 7) is 9.03. The molecule has 5 heteroatoms. The molecule has 21 heavy (non-hydrogen) atoms. The van der Waals surface area contributed by atoms with E-state index in [4.69, 9.17) is 0 Å². The molecule has 2 rings (SSSR count). The lowest BCUT2D eigenvalue weighted by Gasteiger charge is -2.32. The third kappa shape index (κ3) is 4.33. The molecular weight excluding hydrogens is 330 g/mol. The number of nitrogens with zero attached hydrogens (tertiary/aromatic N) is 2. The van der Waals surface area contributed by atoms with Crippen LogP contribution in [0.1, 0.15) is 43.6 Å². The van der Waals surface area contributed by atoms with Crippen LogP contribution in [-0.2, 0) is 6.54 Å². The van der Waals surface area contributed by atoms with Crippen molar-refractivity contribution in [3.63, 3.8) is 0 Å². The Morgan fingerprint density at radius 1 is 1.38 bits per heavy atom. The van der Waals surface area contributed by atoms with E-state index in [1.54, 1.807) is 0 Å². The van der Waals surface area contributed by atoms with E-state index in [0.717, 1.165) is 62.2 Å². The third-order valence-electron chi connectivity index (χ3n) is 4.13. The second-order valence-corrected chi connectivity index (χ2v) is 6.70. The summed E-state index contributed by atoms with van der Waals surface area (Å²) in [4.78, 5) is 14.7. The summed E-state index contributed by atoms with van der Waals surface area (Å²) in [5, 5.41) is 3.41. The topological polar surface area (TPSA) is 37.3 Å². The number of piperidine rings is 1. The number of hydrogen-bond acceptors (Lipinski definition) is 2. The van der Waals surface area contributed by atoms with Crippen molar-refractivity contribution in [1.29, 1.82) is 0 Å². The Kier molecular flexibility index (Phi) is 6.30. The molecule has 0 radical (unpaired) electrons. The number of rotatable bonds is 6. The first kappa shape index (κ1) is 16.6. The molecule has 4 nitrogen and oxygen atoms in total. The molecule has 0 saturated carbocycles. The minimum absolute atomic E-state index is 0.177. The summed E-state index contributed by atoms with van der Waals surface area (Å²) in [6.07, 6.45) is 5.25. The van der Waals surface area contributed by atoms with Gasteiger partial charge in [-0.15, -0.1) is 0 Å². The predicted octanol–water partition coefficient (Wildman–Crippen LogP) is 3.12. The first-order chi connectivity index (χ1) is 10.2. The van der Waals surface area contributed by atoms with Gasteiger partial charge < -0.3 is 14.8 Å². The zero-order valence-corrected chi connectivity index (χ0v) is 14.7. The lowest BCUT2D eigenvalue weighted by Crippen LogP contribution is -2.41. The Balaban J connectivity index is 1.95. The lowest BCUT2D eigenvalue weighted by atomic mass is 9.96. The monoisotopic (exact) mass is 355 g/mol. The van der Waals surface area contributed by atoms with E-state index < -0.39 is 0 Å². The molecule has 1 aliphatic rings. The molecule has 1 aromatic rings. The maximum Gasteiger partial charge on any atom is 0.270 e. The molecule has 0 spiro atoms. The van der Waals surface area contributed by atoms with Gasteiger partial charge in [0.05, 0.1) is 0 Å². The molecule has 1 saturated heterocycles. The van der Waals surface area contributed by atoms with Crippen LogP contribution in [0.3, 0.4) is 0 Å². The van der Waals surface area contributed by atoms with Gasteiger partial charge in [-0.2, -0.15) is 0 Å². The fourth-order valence-electron chi connectivity index (χ4n) is 2.93. The Morgan fingerprint density at radius 2 is 2.10 bits per heavy atom. The van der Waals surface area contributed by atoms with Crippen LogP contribution in [0.2, 0.25) is 0 Å². The molecule has 1 N–H and O–H groups in total. The van der Waals surface area contributed by atoms with Gasteiger partial charge in [-0.1, -0.05) is 13.8 Å². The van der Waals surface area contributed by atoms with Crippen LogP contribution < -0.4 is 5.32 Å². The van der Waals surface area contributed by atoms with Crippen molar-refractivity contribution < 1.29 is 4.79 Å². The van der Waals surface area contributed by atoms with Crippen molar-refractivity contribution in [3.8, 4) is 0 Å². The fraction of sp³-hybridized carbons (Fsp3) is 0.688. The number of nitrogens with one attached hydrogen (secondary N) is 1. The number of carbonyl (C=O) groups is 1. The Labute approximate surface area is 136 Å². The maximum atomic E-state index is 12.7. The highest BCUT2D eigenvalue weighted by atomic mass is 79.9. The molecule has 118 valence electrons. The molecule has 0 unspecified atom stereocenters. The zero-order chi connectivity index (χ0) is 15.2. The summed E-state index contributed by atoms with van der Waals surface area (Å²) in [5.41, 5.74) is 0.814. The Hall–Kier alpha value is -0.810. The van der Waals surface area contributed by atoms with Gasteiger partial charge in [0.15, 0.2) is 0 Å². The number of amides is 1. The van der Waals surface area contributed by atoms with E-state index >= 15 is 0 Å². The summed E-state index contributed by atoms with van der Waals surface area (Å²) in [7, 11) is 0. The van der Waals surface area contributed by atoms with E-state index in [1.807, 2.05) is 17.2 Å². The van der Waals surface area contributed by atoms with Crippen LogP contribution in [0.25, 0.3) is 0 Å². The molecule has 0 bridgehead atoms. The van der Waals surface area contributed by atoms with Gasteiger partial charge in [-0.25, -0.2) is 0 Å². The van der Waals surface area contributed by atoms with E-state index in [0.29, 0.717) is 5.92 Å². The van der Waals surface area contributed by atoms with Gasteiger partial charge in [0.2, 0.25) is 0 Å². The number of hydrogen-bond donors (Lipinski definition) is 1. The number of carbonyl (C=O) groups excluding carboxylic acids is 1. The summed E-state index contributed by atoms with van der Waals surface area (Å²) in [5.74, 6) is 0.888. The number of aromatic nitrogens is 1. The minimum Gasteiger partial charge on any atom is -0.342 e. The van der Waals surface area contributed by atoms with Gasteiger partial charge in [-0.3, -0.25) is 4.79 Å². The smallest absolute Gasteiger partial charge is 0.270 e. The largest absolute Gasteiger partial charge is 0.342 e. The van der Waals surface area contributed by atoms with Crippen LogP contribution in [-0.4, -0.2) is 41.6 Å². The normalized spacial score (nSPS) is 16.4. The van der Waals surface area contributed by atoms with Gasteiger partial charge >= 0.3 is 0 Å². The highest BCUT2D eigenvalue weighted by molar-refractivity contribution is 9.10. The molecule has 0 aliphatic carbocycles. The first-order valence-corrected chi connectivity index (χ1v) is 8.80. The summed E-state index contributed by atoms with van der Waals surface area (Å²) < 4.78 is 3.05.